The monoisotopic (exact) mass is 324 g/mol. The zero-order chi connectivity index (χ0) is 17.1. The molecule has 3 rings (SSSR count). The number of methoxy groups -OCH3 is 1. The van der Waals surface area contributed by atoms with Crippen molar-refractivity contribution < 1.29 is 9.53 Å². The molecule has 0 amide bonds. The van der Waals surface area contributed by atoms with Crippen LogP contribution >= 0.6 is 0 Å². The van der Waals surface area contributed by atoms with Crippen LogP contribution in [0.15, 0.2) is 42.5 Å². The van der Waals surface area contributed by atoms with Crippen LogP contribution in [0.25, 0.3) is 0 Å². The van der Waals surface area contributed by atoms with E-state index in [1.165, 1.54) is 18.2 Å². The van der Waals surface area contributed by atoms with Crippen molar-refractivity contribution >= 4 is 5.97 Å². The van der Waals surface area contributed by atoms with Gasteiger partial charge in [0, 0.05) is 25.7 Å². The second-order valence-corrected chi connectivity index (χ2v) is 6.43. The predicted octanol–water partition coefficient (Wildman–Crippen LogP) is 3.05. The van der Waals surface area contributed by atoms with Crippen LogP contribution in [-0.4, -0.2) is 24.5 Å². The SMILES string of the molecule is COC(=O)c1cccc2c1CCN(Cc1ccc(C(C)N)cc1)C2. The van der Waals surface area contributed by atoms with Crippen molar-refractivity contribution in [2.75, 3.05) is 13.7 Å². The fourth-order valence-electron chi connectivity index (χ4n) is 3.29. The molecule has 1 atom stereocenters. The maximum absolute atomic E-state index is 11.9. The molecule has 2 aromatic carbocycles. The van der Waals surface area contributed by atoms with Gasteiger partial charge in [0.25, 0.3) is 0 Å². The van der Waals surface area contributed by atoms with E-state index in [2.05, 4.69) is 35.2 Å². The van der Waals surface area contributed by atoms with E-state index in [1.807, 2.05) is 19.1 Å². The quantitative estimate of drug-likeness (QED) is 0.878. The fourth-order valence-corrected chi connectivity index (χ4v) is 3.29. The lowest BCUT2D eigenvalue weighted by molar-refractivity contribution is 0.0598. The number of nitrogens with zero attached hydrogens (tertiary/aromatic N) is 1. The zero-order valence-electron chi connectivity index (χ0n) is 14.3. The molecule has 1 unspecified atom stereocenters. The standard InChI is InChI=1S/C20H24N2O2/c1-14(21)16-8-6-15(7-9-16)12-22-11-10-18-17(13-22)4-3-5-19(18)20(23)24-2/h3-9,14H,10-13,21H2,1-2H3. The summed E-state index contributed by atoms with van der Waals surface area (Å²) in [5.41, 5.74) is 11.4. The number of nitrogens with two attached hydrogens (primary N) is 1. The summed E-state index contributed by atoms with van der Waals surface area (Å²) in [4.78, 5) is 14.3. The molecule has 0 aromatic heterocycles. The number of ether oxygens (including phenoxy) is 1. The van der Waals surface area contributed by atoms with Crippen molar-refractivity contribution in [2.24, 2.45) is 5.73 Å². The molecule has 2 N–H and O–H groups in total. The molecule has 24 heavy (non-hydrogen) atoms. The van der Waals surface area contributed by atoms with Gasteiger partial charge in [-0.2, -0.15) is 0 Å². The van der Waals surface area contributed by atoms with Gasteiger partial charge in [-0.3, -0.25) is 4.90 Å². The number of carbonyl (C=O) groups excluding carboxylic acids is 1. The molecule has 0 saturated carbocycles. The number of rotatable bonds is 4. The van der Waals surface area contributed by atoms with Crippen LogP contribution in [0.1, 0.15) is 45.6 Å². The van der Waals surface area contributed by atoms with Crippen LogP contribution in [0.3, 0.4) is 0 Å². The van der Waals surface area contributed by atoms with Crippen LogP contribution in [0.4, 0.5) is 0 Å². The normalized spacial score (nSPS) is 15.6. The van der Waals surface area contributed by atoms with Gasteiger partial charge in [-0.05, 0) is 41.7 Å². The maximum Gasteiger partial charge on any atom is 0.338 e. The molecule has 1 aliphatic rings. The smallest absolute Gasteiger partial charge is 0.338 e. The molecule has 0 fully saturated rings. The largest absolute Gasteiger partial charge is 0.465 e. The van der Waals surface area contributed by atoms with Crippen LogP contribution in [0.2, 0.25) is 0 Å². The average Bonchev–Trinajstić information content (AvgIpc) is 2.60. The molecule has 0 radical (unpaired) electrons. The molecule has 0 spiro atoms. The van der Waals surface area contributed by atoms with Gasteiger partial charge in [0.05, 0.1) is 12.7 Å². The highest BCUT2D eigenvalue weighted by Gasteiger charge is 2.21. The topological polar surface area (TPSA) is 55.6 Å². The molecule has 1 heterocycles. The summed E-state index contributed by atoms with van der Waals surface area (Å²) in [6, 6.07) is 14.5. The van der Waals surface area contributed by atoms with E-state index in [0.29, 0.717) is 5.56 Å². The molecule has 0 aliphatic carbocycles. The molecule has 126 valence electrons. The van der Waals surface area contributed by atoms with Crippen molar-refractivity contribution in [3.05, 3.63) is 70.3 Å². The first-order valence-electron chi connectivity index (χ1n) is 8.34. The fraction of sp³-hybridized carbons (Fsp3) is 0.350. The number of esters is 1. The van der Waals surface area contributed by atoms with Gasteiger partial charge in [0.15, 0.2) is 0 Å². The zero-order valence-corrected chi connectivity index (χ0v) is 14.3. The molecule has 2 aromatic rings. The van der Waals surface area contributed by atoms with E-state index in [4.69, 9.17) is 10.5 Å². The Morgan fingerprint density at radius 1 is 1.25 bits per heavy atom. The van der Waals surface area contributed by atoms with Gasteiger partial charge >= 0.3 is 5.97 Å². The Balaban J connectivity index is 1.72. The van der Waals surface area contributed by atoms with Crippen LogP contribution in [-0.2, 0) is 24.2 Å². The number of carbonyl (C=O) groups is 1. The molecule has 0 bridgehead atoms. The molecule has 4 heteroatoms. The van der Waals surface area contributed by atoms with E-state index in [-0.39, 0.29) is 12.0 Å². The minimum absolute atomic E-state index is 0.0673. The molecule has 0 saturated heterocycles. The minimum atomic E-state index is -0.244. The molecular formula is C20H24N2O2. The van der Waals surface area contributed by atoms with E-state index < -0.39 is 0 Å². The Hall–Kier alpha value is -2.17. The second-order valence-electron chi connectivity index (χ2n) is 6.43. The van der Waals surface area contributed by atoms with E-state index in [9.17, 15) is 4.79 Å². The summed E-state index contributed by atoms with van der Waals surface area (Å²) in [7, 11) is 1.43. The highest BCUT2D eigenvalue weighted by atomic mass is 16.5. The summed E-state index contributed by atoms with van der Waals surface area (Å²) in [5.74, 6) is -0.244. The summed E-state index contributed by atoms with van der Waals surface area (Å²) < 4.78 is 4.89. The Kier molecular flexibility index (Phi) is 4.97. The van der Waals surface area contributed by atoms with Gasteiger partial charge in [-0.15, -0.1) is 0 Å². The van der Waals surface area contributed by atoms with Gasteiger partial charge in [0.1, 0.15) is 0 Å². The van der Waals surface area contributed by atoms with Crippen molar-refractivity contribution in [2.45, 2.75) is 32.5 Å². The van der Waals surface area contributed by atoms with Crippen LogP contribution in [0.5, 0.6) is 0 Å². The van der Waals surface area contributed by atoms with E-state index in [0.717, 1.165) is 37.2 Å². The number of hydrogen-bond donors (Lipinski definition) is 1. The average molecular weight is 324 g/mol. The van der Waals surface area contributed by atoms with E-state index in [1.54, 1.807) is 0 Å². The van der Waals surface area contributed by atoms with Crippen LogP contribution < -0.4 is 5.73 Å². The van der Waals surface area contributed by atoms with Crippen LogP contribution in [0, 0.1) is 0 Å². The molecule has 1 aliphatic heterocycles. The summed E-state index contributed by atoms with van der Waals surface area (Å²) in [6.45, 7) is 4.70. The lowest BCUT2D eigenvalue weighted by Crippen LogP contribution is -2.31. The lowest BCUT2D eigenvalue weighted by Gasteiger charge is -2.29. The third kappa shape index (κ3) is 3.50. The Bertz CT molecular complexity index is 723. The van der Waals surface area contributed by atoms with Gasteiger partial charge < -0.3 is 10.5 Å². The lowest BCUT2D eigenvalue weighted by atomic mass is 9.94. The Labute approximate surface area is 143 Å². The second kappa shape index (κ2) is 7.16. The molecular weight excluding hydrogens is 300 g/mol. The van der Waals surface area contributed by atoms with Gasteiger partial charge in [0.2, 0.25) is 0 Å². The number of hydrogen-bond acceptors (Lipinski definition) is 4. The van der Waals surface area contributed by atoms with Gasteiger partial charge in [-0.1, -0.05) is 36.4 Å². The first kappa shape index (κ1) is 16.7. The van der Waals surface area contributed by atoms with Crippen molar-refractivity contribution in [1.29, 1.82) is 0 Å². The highest BCUT2D eigenvalue weighted by molar-refractivity contribution is 5.91. The van der Waals surface area contributed by atoms with Crippen molar-refractivity contribution in [3.8, 4) is 0 Å². The van der Waals surface area contributed by atoms with Gasteiger partial charge in [-0.25, -0.2) is 4.79 Å². The predicted molar refractivity (Wildman–Crippen MR) is 94.6 cm³/mol. The Morgan fingerprint density at radius 3 is 2.67 bits per heavy atom. The number of fused-ring (bicyclic) bond motifs is 1. The maximum atomic E-state index is 11.9. The highest BCUT2D eigenvalue weighted by Crippen LogP contribution is 2.24. The Morgan fingerprint density at radius 2 is 2.00 bits per heavy atom. The van der Waals surface area contributed by atoms with E-state index >= 15 is 0 Å². The first-order chi connectivity index (χ1) is 11.6. The van der Waals surface area contributed by atoms with Crippen molar-refractivity contribution in [1.82, 2.24) is 4.90 Å². The summed E-state index contributed by atoms with van der Waals surface area (Å²) in [5, 5.41) is 0. The summed E-state index contributed by atoms with van der Waals surface area (Å²) >= 11 is 0. The summed E-state index contributed by atoms with van der Waals surface area (Å²) in [6.07, 6.45) is 0.874. The number of benzene rings is 2. The first-order valence-corrected chi connectivity index (χ1v) is 8.34. The van der Waals surface area contributed by atoms with Crippen molar-refractivity contribution in [3.63, 3.8) is 0 Å². The third-order valence-electron chi connectivity index (χ3n) is 4.66. The minimum Gasteiger partial charge on any atom is -0.465 e. The third-order valence-corrected chi connectivity index (χ3v) is 4.66. The molecule has 4 nitrogen and oxygen atoms in total.